The van der Waals surface area contributed by atoms with Gasteiger partial charge in [-0.25, -0.2) is 0 Å². The first-order valence-corrected chi connectivity index (χ1v) is 11.2. The van der Waals surface area contributed by atoms with Crippen molar-refractivity contribution in [1.82, 2.24) is 0 Å². The maximum Gasteiger partial charge on any atom is 0.205 e. The largest absolute Gasteiger partial charge is 0.496 e. The van der Waals surface area contributed by atoms with Crippen LogP contribution in [0.1, 0.15) is 36.3 Å². The summed E-state index contributed by atoms with van der Waals surface area (Å²) in [7, 11) is 1.57. The Hall–Kier alpha value is -2.95. The van der Waals surface area contributed by atoms with Crippen molar-refractivity contribution in [1.29, 1.82) is 5.26 Å². The number of hydrogen-bond donors (Lipinski definition) is 1. The number of nitrogens with two attached hydrogens (primary N) is 1. The molecule has 2 aromatic rings. The minimum absolute atomic E-state index is 0.0215. The maximum absolute atomic E-state index is 12.8. The van der Waals surface area contributed by atoms with Crippen LogP contribution in [-0.2, 0) is 16.1 Å². The summed E-state index contributed by atoms with van der Waals surface area (Å²) in [5.74, 6) is 1.14. The number of ketones is 1. The zero-order valence-corrected chi connectivity index (χ0v) is 19.6. The van der Waals surface area contributed by atoms with Gasteiger partial charge in [-0.1, -0.05) is 33.6 Å². The van der Waals surface area contributed by atoms with Crippen LogP contribution in [0.3, 0.4) is 0 Å². The van der Waals surface area contributed by atoms with E-state index in [1.54, 1.807) is 25.3 Å². The fourth-order valence-corrected chi connectivity index (χ4v) is 4.76. The van der Waals surface area contributed by atoms with E-state index in [9.17, 15) is 10.1 Å². The summed E-state index contributed by atoms with van der Waals surface area (Å²) in [4.78, 5) is 12.8. The molecule has 0 radical (unpaired) electrons. The Morgan fingerprint density at radius 2 is 2.03 bits per heavy atom. The van der Waals surface area contributed by atoms with Crippen molar-refractivity contribution in [3.63, 3.8) is 0 Å². The highest BCUT2D eigenvalue weighted by Crippen LogP contribution is 2.44. The fraction of sp³-hybridized carbons (Fsp3) is 0.250. The number of carbonyl (C=O) groups excluding carboxylic acids is 1. The monoisotopic (exact) mass is 514 g/mol. The van der Waals surface area contributed by atoms with Crippen molar-refractivity contribution in [3.05, 3.63) is 79.8 Å². The molecule has 0 fully saturated rings. The topological polar surface area (TPSA) is 94.6 Å². The van der Waals surface area contributed by atoms with Crippen LogP contribution < -0.4 is 15.2 Å². The van der Waals surface area contributed by atoms with Crippen molar-refractivity contribution >= 4 is 33.3 Å². The molecule has 0 spiro atoms. The van der Waals surface area contributed by atoms with Gasteiger partial charge in [-0.05, 0) is 42.3 Å². The SMILES string of the molecule is COc1ccc(C2C(C#N)=C(N)OC3=C2C(=O)CCC3)cc1COc1ccc(Br)cc1Cl. The minimum Gasteiger partial charge on any atom is -0.496 e. The third-order valence-corrected chi connectivity index (χ3v) is 6.31. The summed E-state index contributed by atoms with van der Waals surface area (Å²) >= 11 is 9.64. The number of rotatable bonds is 5. The number of nitriles is 1. The van der Waals surface area contributed by atoms with Crippen LogP contribution in [0.25, 0.3) is 0 Å². The third kappa shape index (κ3) is 4.21. The maximum atomic E-state index is 12.8. The second-order valence-electron chi connectivity index (χ2n) is 7.47. The van der Waals surface area contributed by atoms with Gasteiger partial charge in [0.15, 0.2) is 5.78 Å². The number of benzene rings is 2. The molecule has 0 saturated heterocycles. The first kappa shape index (κ1) is 22.3. The molecule has 1 aliphatic heterocycles. The van der Waals surface area contributed by atoms with Gasteiger partial charge in [0.2, 0.25) is 5.88 Å². The Balaban J connectivity index is 1.73. The number of Topliss-reactive ketones (excluding diaryl/α,β-unsaturated/α-hetero) is 1. The lowest BCUT2D eigenvalue weighted by Gasteiger charge is -2.31. The summed E-state index contributed by atoms with van der Waals surface area (Å²) in [6, 6.07) is 13.0. The van der Waals surface area contributed by atoms with Crippen LogP contribution in [-0.4, -0.2) is 12.9 Å². The fourth-order valence-electron chi connectivity index (χ4n) is 4.03. The number of hydrogen-bond acceptors (Lipinski definition) is 6. The minimum atomic E-state index is -0.586. The zero-order valence-electron chi connectivity index (χ0n) is 17.3. The number of allylic oxidation sites excluding steroid dienone is 3. The Bertz CT molecular complexity index is 1200. The second kappa shape index (κ2) is 9.27. The summed E-state index contributed by atoms with van der Waals surface area (Å²) in [6.45, 7) is 0.183. The van der Waals surface area contributed by atoms with E-state index >= 15 is 0 Å². The quantitative estimate of drug-likeness (QED) is 0.565. The highest BCUT2D eigenvalue weighted by molar-refractivity contribution is 9.10. The molecule has 2 N–H and O–H groups in total. The molecular formula is C24H20BrClN2O4. The molecule has 6 nitrogen and oxygen atoms in total. The van der Waals surface area contributed by atoms with Gasteiger partial charge in [-0.15, -0.1) is 0 Å². The molecular weight excluding hydrogens is 496 g/mol. The number of halogens is 2. The smallest absolute Gasteiger partial charge is 0.205 e. The van der Waals surface area contributed by atoms with Gasteiger partial charge in [0.25, 0.3) is 0 Å². The molecule has 164 valence electrons. The van der Waals surface area contributed by atoms with Gasteiger partial charge >= 0.3 is 0 Å². The van der Waals surface area contributed by atoms with Gasteiger partial charge in [-0.3, -0.25) is 4.79 Å². The lowest BCUT2D eigenvalue weighted by atomic mass is 9.77. The van der Waals surface area contributed by atoms with E-state index in [2.05, 4.69) is 22.0 Å². The average Bonchev–Trinajstić information content (AvgIpc) is 2.77. The first-order valence-electron chi connectivity index (χ1n) is 10.0. The molecule has 0 aromatic heterocycles. The normalized spacial score (nSPS) is 18.1. The van der Waals surface area contributed by atoms with Crippen LogP contribution in [0.4, 0.5) is 0 Å². The van der Waals surface area contributed by atoms with Crippen molar-refractivity contribution in [2.75, 3.05) is 7.11 Å². The van der Waals surface area contributed by atoms with Crippen molar-refractivity contribution in [2.24, 2.45) is 5.73 Å². The van der Waals surface area contributed by atoms with Crippen molar-refractivity contribution in [3.8, 4) is 17.6 Å². The number of carbonyl (C=O) groups is 1. The highest BCUT2D eigenvalue weighted by Gasteiger charge is 2.38. The first-order chi connectivity index (χ1) is 15.4. The lowest BCUT2D eigenvalue weighted by molar-refractivity contribution is -0.116. The van der Waals surface area contributed by atoms with E-state index in [0.717, 1.165) is 15.6 Å². The van der Waals surface area contributed by atoms with Crippen LogP contribution >= 0.6 is 27.5 Å². The predicted molar refractivity (Wildman–Crippen MR) is 123 cm³/mol. The highest BCUT2D eigenvalue weighted by atomic mass is 79.9. The number of methoxy groups -OCH3 is 1. The van der Waals surface area contributed by atoms with Crippen LogP contribution in [0.15, 0.2) is 63.7 Å². The van der Waals surface area contributed by atoms with Gasteiger partial charge in [0.05, 0.1) is 18.1 Å². The number of nitrogens with zero attached hydrogens (tertiary/aromatic N) is 1. The predicted octanol–water partition coefficient (Wildman–Crippen LogP) is 5.50. The molecule has 0 bridgehead atoms. The second-order valence-corrected chi connectivity index (χ2v) is 8.80. The molecule has 1 aliphatic carbocycles. The van der Waals surface area contributed by atoms with Gasteiger partial charge in [-0.2, -0.15) is 5.26 Å². The molecule has 8 heteroatoms. The van der Waals surface area contributed by atoms with E-state index in [0.29, 0.717) is 47.1 Å². The summed E-state index contributed by atoms with van der Waals surface area (Å²) in [5, 5.41) is 10.3. The molecule has 1 heterocycles. The van der Waals surface area contributed by atoms with Crippen LogP contribution in [0.5, 0.6) is 11.5 Å². The number of ether oxygens (including phenoxy) is 3. The van der Waals surface area contributed by atoms with E-state index in [4.69, 9.17) is 31.5 Å². The van der Waals surface area contributed by atoms with Crippen LogP contribution in [0, 0.1) is 11.3 Å². The molecule has 4 rings (SSSR count). The Kier molecular flexibility index (Phi) is 6.45. The Labute approximate surface area is 199 Å². The third-order valence-electron chi connectivity index (χ3n) is 5.52. The zero-order chi connectivity index (χ0) is 22.8. The molecule has 0 amide bonds. The molecule has 32 heavy (non-hydrogen) atoms. The van der Waals surface area contributed by atoms with Gasteiger partial charge in [0, 0.05) is 28.5 Å². The average molecular weight is 516 g/mol. The van der Waals surface area contributed by atoms with E-state index in [1.165, 1.54) is 0 Å². The Morgan fingerprint density at radius 1 is 1.25 bits per heavy atom. The van der Waals surface area contributed by atoms with Crippen molar-refractivity contribution in [2.45, 2.75) is 31.8 Å². The van der Waals surface area contributed by atoms with E-state index in [1.807, 2.05) is 18.2 Å². The van der Waals surface area contributed by atoms with E-state index in [-0.39, 0.29) is 23.8 Å². The Morgan fingerprint density at radius 3 is 2.75 bits per heavy atom. The molecule has 2 aliphatic rings. The van der Waals surface area contributed by atoms with Gasteiger partial charge < -0.3 is 19.9 Å². The molecule has 1 atom stereocenters. The lowest BCUT2D eigenvalue weighted by Crippen LogP contribution is -2.27. The van der Waals surface area contributed by atoms with Gasteiger partial charge in [0.1, 0.15) is 35.5 Å². The van der Waals surface area contributed by atoms with E-state index < -0.39 is 5.92 Å². The van der Waals surface area contributed by atoms with Crippen molar-refractivity contribution < 1.29 is 19.0 Å². The summed E-state index contributed by atoms with van der Waals surface area (Å²) in [5.41, 5.74) is 8.28. The molecule has 0 saturated carbocycles. The summed E-state index contributed by atoms with van der Waals surface area (Å²) < 4.78 is 17.9. The molecule has 2 aromatic carbocycles. The standard InChI is InChI=1S/C24H20BrClN2O4/c1-30-19-7-5-13(9-14(19)12-31-20-8-6-15(25)10-17(20)26)22-16(11-27)24(28)32-21-4-2-3-18(29)23(21)22/h5-10,22H,2-4,12,28H2,1H3. The molecule has 1 unspecified atom stereocenters. The summed E-state index contributed by atoms with van der Waals surface area (Å²) in [6.07, 6.45) is 1.74. The van der Waals surface area contributed by atoms with Crippen LogP contribution in [0.2, 0.25) is 5.02 Å².